The lowest BCUT2D eigenvalue weighted by molar-refractivity contribution is 0.101. The van der Waals surface area contributed by atoms with E-state index in [-0.39, 0.29) is 11.9 Å². The summed E-state index contributed by atoms with van der Waals surface area (Å²) in [4.78, 5) is 11.5. The third-order valence-corrected chi connectivity index (χ3v) is 2.99. The van der Waals surface area contributed by atoms with Crippen molar-refractivity contribution in [2.45, 2.75) is 26.4 Å². The highest BCUT2D eigenvalue weighted by Gasteiger charge is 2.26. The molecule has 1 aromatic rings. The van der Waals surface area contributed by atoms with Gasteiger partial charge in [-0.2, -0.15) is 0 Å². The summed E-state index contributed by atoms with van der Waals surface area (Å²) in [7, 11) is 1.57. The molecule has 0 saturated heterocycles. The van der Waals surface area contributed by atoms with Gasteiger partial charge in [0, 0.05) is 12.0 Å². The summed E-state index contributed by atoms with van der Waals surface area (Å²) in [5, 5.41) is 0. The van der Waals surface area contributed by atoms with E-state index < -0.39 is 0 Å². The van der Waals surface area contributed by atoms with Crippen LogP contribution in [0.15, 0.2) is 24.3 Å². The fraction of sp³-hybridized carbons (Fsp3) is 0.357. The SMILES string of the molecule is C=C(C)C1Cc2cc(OC)c(C(C)=O)cc2O1. The van der Waals surface area contributed by atoms with Crippen molar-refractivity contribution in [2.24, 2.45) is 0 Å². The second-order valence-electron chi connectivity index (χ2n) is 4.37. The van der Waals surface area contributed by atoms with Crippen molar-refractivity contribution in [1.29, 1.82) is 0 Å². The van der Waals surface area contributed by atoms with E-state index in [1.807, 2.05) is 13.0 Å². The van der Waals surface area contributed by atoms with Crippen LogP contribution in [-0.4, -0.2) is 19.0 Å². The smallest absolute Gasteiger partial charge is 0.163 e. The molecule has 0 aliphatic carbocycles. The highest BCUT2D eigenvalue weighted by Crippen LogP contribution is 2.36. The second kappa shape index (κ2) is 4.24. The van der Waals surface area contributed by atoms with Crippen molar-refractivity contribution in [3.8, 4) is 11.5 Å². The van der Waals surface area contributed by atoms with Gasteiger partial charge in [0.15, 0.2) is 5.78 Å². The molecule has 3 nitrogen and oxygen atoms in total. The van der Waals surface area contributed by atoms with Gasteiger partial charge in [0.1, 0.15) is 17.6 Å². The first kappa shape index (κ1) is 11.7. The molecule has 2 rings (SSSR count). The fourth-order valence-electron chi connectivity index (χ4n) is 1.98. The van der Waals surface area contributed by atoms with Gasteiger partial charge in [-0.25, -0.2) is 0 Å². The van der Waals surface area contributed by atoms with Gasteiger partial charge < -0.3 is 9.47 Å². The van der Waals surface area contributed by atoms with Crippen molar-refractivity contribution < 1.29 is 14.3 Å². The molecular formula is C14H16O3. The summed E-state index contributed by atoms with van der Waals surface area (Å²) in [6, 6.07) is 3.65. The molecule has 1 aliphatic heterocycles. The van der Waals surface area contributed by atoms with Crippen LogP contribution in [0.2, 0.25) is 0 Å². The van der Waals surface area contributed by atoms with Gasteiger partial charge in [-0.15, -0.1) is 0 Å². The van der Waals surface area contributed by atoms with E-state index in [4.69, 9.17) is 9.47 Å². The lowest BCUT2D eigenvalue weighted by Gasteiger charge is -2.10. The van der Waals surface area contributed by atoms with Crippen LogP contribution in [0.5, 0.6) is 11.5 Å². The number of carbonyl (C=O) groups is 1. The molecule has 3 heteroatoms. The number of ketones is 1. The van der Waals surface area contributed by atoms with Gasteiger partial charge in [-0.1, -0.05) is 6.58 Å². The van der Waals surface area contributed by atoms with E-state index in [1.54, 1.807) is 13.2 Å². The standard InChI is InChI=1S/C14H16O3/c1-8(2)12-5-10-6-14(16-4)11(9(3)15)7-13(10)17-12/h6-7,12H,1,5H2,2-4H3. The van der Waals surface area contributed by atoms with E-state index in [9.17, 15) is 4.79 Å². The first-order chi connectivity index (χ1) is 8.02. The maximum atomic E-state index is 11.5. The Morgan fingerprint density at radius 2 is 2.18 bits per heavy atom. The Kier molecular flexibility index (Phi) is 2.92. The van der Waals surface area contributed by atoms with Crippen molar-refractivity contribution in [3.05, 3.63) is 35.4 Å². The van der Waals surface area contributed by atoms with Gasteiger partial charge in [-0.05, 0) is 31.6 Å². The summed E-state index contributed by atoms with van der Waals surface area (Å²) >= 11 is 0. The van der Waals surface area contributed by atoms with Crippen LogP contribution < -0.4 is 9.47 Å². The lowest BCUT2D eigenvalue weighted by atomic mass is 10.0. The zero-order valence-electron chi connectivity index (χ0n) is 10.4. The third-order valence-electron chi connectivity index (χ3n) is 2.99. The quantitative estimate of drug-likeness (QED) is 0.593. The Labute approximate surface area is 101 Å². The molecule has 0 N–H and O–H groups in total. The predicted octanol–water partition coefficient (Wildman–Crippen LogP) is 2.78. The number of carbonyl (C=O) groups excluding carboxylic acids is 1. The Balaban J connectivity index is 2.43. The molecule has 1 heterocycles. The van der Waals surface area contributed by atoms with Gasteiger partial charge >= 0.3 is 0 Å². The Hall–Kier alpha value is -1.77. The first-order valence-corrected chi connectivity index (χ1v) is 5.57. The molecular weight excluding hydrogens is 216 g/mol. The van der Waals surface area contributed by atoms with Crippen molar-refractivity contribution in [3.63, 3.8) is 0 Å². The molecule has 0 spiro atoms. The number of ether oxygens (including phenoxy) is 2. The van der Waals surface area contributed by atoms with Crippen molar-refractivity contribution in [1.82, 2.24) is 0 Å². The van der Waals surface area contributed by atoms with Gasteiger partial charge in [0.05, 0.1) is 12.7 Å². The number of methoxy groups -OCH3 is 1. The van der Waals surface area contributed by atoms with Crippen LogP contribution in [-0.2, 0) is 6.42 Å². The number of hydrogen-bond acceptors (Lipinski definition) is 3. The summed E-state index contributed by atoms with van der Waals surface area (Å²) in [5.74, 6) is 1.36. The number of hydrogen-bond donors (Lipinski definition) is 0. The van der Waals surface area contributed by atoms with Crippen LogP contribution in [0.4, 0.5) is 0 Å². The monoisotopic (exact) mass is 232 g/mol. The number of fused-ring (bicyclic) bond motifs is 1. The van der Waals surface area contributed by atoms with E-state index >= 15 is 0 Å². The van der Waals surface area contributed by atoms with Gasteiger partial charge in [-0.3, -0.25) is 4.79 Å². The van der Waals surface area contributed by atoms with Gasteiger partial charge in [0.2, 0.25) is 0 Å². The Morgan fingerprint density at radius 3 is 2.71 bits per heavy atom. The fourth-order valence-corrected chi connectivity index (χ4v) is 1.98. The van der Waals surface area contributed by atoms with E-state index in [0.29, 0.717) is 11.3 Å². The first-order valence-electron chi connectivity index (χ1n) is 5.57. The van der Waals surface area contributed by atoms with Crippen LogP contribution in [0.3, 0.4) is 0 Å². The summed E-state index contributed by atoms with van der Waals surface area (Å²) in [6.07, 6.45) is 0.802. The Bertz CT molecular complexity index is 488. The van der Waals surface area contributed by atoms with Gasteiger partial charge in [0.25, 0.3) is 0 Å². The average Bonchev–Trinajstić information content (AvgIpc) is 2.69. The van der Waals surface area contributed by atoms with Crippen molar-refractivity contribution in [2.75, 3.05) is 7.11 Å². The molecule has 1 aliphatic rings. The summed E-state index contributed by atoms with van der Waals surface area (Å²) in [5.41, 5.74) is 2.62. The van der Waals surface area contributed by atoms with Crippen LogP contribution >= 0.6 is 0 Å². The molecule has 0 bridgehead atoms. The summed E-state index contributed by atoms with van der Waals surface area (Å²) < 4.78 is 11.0. The van der Waals surface area contributed by atoms with Crippen LogP contribution in [0.25, 0.3) is 0 Å². The minimum absolute atomic E-state index is 0.0110. The van der Waals surface area contributed by atoms with E-state index in [1.165, 1.54) is 6.92 Å². The molecule has 1 unspecified atom stereocenters. The maximum absolute atomic E-state index is 11.5. The van der Waals surface area contributed by atoms with Crippen molar-refractivity contribution >= 4 is 5.78 Å². The highest BCUT2D eigenvalue weighted by atomic mass is 16.5. The lowest BCUT2D eigenvalue weighted by Crippen LogP contribution is -2.13. The molecule has 0 fully saturated rings. The topological polar surface area (TPSA) is 35.5 Å². The summed E-state index contributed by atoms with van der Waals surface area (Å²) in [6.45, 7) is 7.36. The maximum Gasteiger partial charge on any atom is 0.163 e. The molecule has 90 valence electrons. The van der Waals surface area contributed by atoms with E-state index in [0.717, 1.165) is 23.3 Å². The number of Topliss-reactive ketones (excluding diaryl/α,β-unsaturated/α-hetero) is 1. The molecule has 0 radical (unpaired) electrons. The average molecular weight is 232 g/mol. The predicted molar refractivity (Wildman–Crippen MR) is 65.9 cm³/mol. The number of benzene rings is 1. The molecule has 0 amide bonds. The van der Waals surface area contributed by atoms with Crippen LogP contribution in [0, 0.1) is 0 Å². The zero-order chi connectivity index (χ0) is 12.6. The Morgan fingerprint density at radius 1 is 1.47 bits per heavy atom. The molecule has 0 saturated carbocycles. The minimum Gasteiger partial charge on any atom is -0.496 e. The second-order valence-corrected chi connectivity index (χ2v) is 4.37. The minimum atomic E-state index is -0.0213. The highest BCUT2D eigenvalue weighted by molar-refractivity contribution is 5.97. The van der Waals surface area contributed by atoms with E-state index in [2.05, 4.69) is 6.58 Å². The molecule has 0 aromatic heterocycles. The zero-order valence-corrected chi connectivity index (χ0v) is 10.4. The molecule has 1 aromatic carbocycles. The van der Waals surface area contributed by atoms with Crippen LogP contribution in [0.1, 0.15) is 29.8 Å². The normalized spacial score (nSPS) is 17.2. The third kappa shape index (κ3) is 2.05. The largest absolute Gasteiger partial charge is 0.496 e. The number of rotatable bonds is 3. The molecule has 1 atom stereocenters. The molecule has 17 heavy (non-hydrogen) atoms.